The zero-order chi connectivity index (χ0) is 17.9. The van der Waals surface area contributed by atoms with Crippen LogP contribution in [-0.2, 0) is 4.79 Å². The summed E-state index contributed by atoms with van der Waals surface area (Å²) in [7, 11) is 3.91. The minimum absolute atomic E-state index is 0.0523. The molecule has 1 fully saturated rings. The molecule has 0 aromatic heterocycles. The summed E-state index contributed by atoms with van der Waals surface area (Å²) in [5, 5.41) is 1.99. The van der Waals surface area contributed by atoms with Crippen molar-refractivity contribution in [1.29, 1.82) is 0 Å². The number of carbonyl (C=O) groups excluding carboxylic acids is 1. The molecule has 7 heteroatoms. The molecule has 0 unspecified atom stereocenters. The van der Waals surface area contributed by atoms with E-state index in [4.69, 9.17) is 0 Å². The normalized spacial score (nSPS) is 20.0. The Labute approximate surface area is 140 Å². The Hall–Kier alpha value is -1.76. The molecule has 1 saturated heterocycles. The highest BCUT2D eigenvalue weighted by atomic mass is 19.4. The van der Waals surface area contributed by atoms with E-state index in [-0.39, 0.29) is 6.04 Å². The number of carbonyl (C=O) groups is 1. The molecule has 1 aliphatic heterocycles. The fourth-order valence-corrected chi connectivity index (χ4v) is 3.11. The van der Waals surface area contributed by atoms with E-state index in [1.165, 1.54) is 0 Å². The Balaban J connectivity index is 2.09. The van der Waals surface area contributed by atoms with Crippen LogP contribution in [0.1, 0.15) is 31.4 Å². The lowest BCUT2D eigenvalue weighted by Gasteiger charge is -2.30. The molecule has 1 N–H and O–H groups in total. The van der Waals surface area contributed by atoms with Gasteiger partial charge in [0.15, 0.2) is 0 Å². The Morgan fingerprint density at radius 1 is 1.42 bits per heavy atom. The molecule has 1 aromatic carbocycles. The van der Waals surface area contributed by atoms with Gasteiger partial charge in [0.2, 0.25) is 5.91 Å². The first kappa shape index (κ1) is 18.6. The van der Waals surface area contributed by atoms with Crippen LogP contribution in [0.25, 0.3) is 0 Å². The van der Waals surface area contributed by atoms with Gasteiger partial charge in [0.25, 0.3) is 0 Å². The summed E-state index contributed by atoms with van der Waals surface area (Å²) in [6.07, 6.45) is -2.57. The molecule has 0 saturated carbocycles. The van der Waals surface area contributed by atoms with Gasteiger partial charge in [-0.05, 0) is 44.0 Å². The van der Waals surface area contributed by atoms with Crippen molar-refractivity contribution in [2.45, 2.75) is 38.0 Å². The van der Waals surface area contributed by atoms with Crippen LogP contribution in [0.3, 0.4) is 0 Å². The molecular formula is C17H24F3N3O. The SMILES string of the molecule is C[C@H](C(=O)NCC(F)(F)F)N1CCC[C@@H]1c1cccc(N(C)C)c1. The van der Waals surface area contributed by atoms with Crippen molar-refractivity contribution in [3.63, 3.8) is 0 Å². The number of hydrogen-bond donors (Lipinski definition) is 1. The van der Waals surface area contributed by atoms with Crippen LogP contribution < -0.4 is 10.2 Å². The highest BCUT2D eigenvalue weighted by Crippen LogP contribution is 2.34. The van der Waals surface area contributed by atoms with Gasteiger partial charge >= 0.3 is 6.18 Å². The molecule has 24 heavy (non-hydrogen) atoms. The number of nitrogens with zero attached hydrogens (tertiary/aromatic N) is 2. The Morgan fingerprint density at radius 2 is 2.12 bits per heavy atom. The van der Waals surface area contributed by atoms with Crippen molar-refractivity contribution in [2.24, 2.45) is 0 Å². The van der Waals surface area contributed by atoms with Gasteiger partial charge in [-0.3, -0.25) is 9.69 Å². The molecule has 1 heterocycles. The first-order valence-electron chi connectivity index (χ1n) is 8.06. The highest BCUT2D eigenvalue weighted by molar-refractivity contribution is 5.81. The molecule has 2 rings (SSSR count). The quantitative estimate of drug-likeness (QED) is 0.893. The average Bonchev–Trinajstić information content (AvgIpc) is 3.00. The van der Waals surface area contributed by atoms with Gasteiger partial charge in [-0.25, -0.2) is 0 Å². The first-order chi connectivity index (χ1) is 11.2. The van der Waals surface area contributed by atoms with Crippen molar-refractivity contribution in [3.05, 3.63) is 29.8 Å². The largest absolute Gasteiger partial charge is 0.405 e. The third-order valence-electron chi connectivity index (χ3n) is 4.41. The van der Waals surface area contributed by atoms with E-state index in [0.29, 0.717) is 6.54 Å². The molecule has 1 aromatic rings. The summed E-state index contributed by atoms with van der Waals surface area (Å²) < 4.78 is 36.9. The van der Waals surface area contributed by atoms with Gasteiger partial charge in [0.1, 0.15) is 6.54 Å². The van der Waals surface area contributed by atoms with Crippen LogP contribution in [0.5, 0.6) is 0 Å². The van der Waals surface area contributed by atoms with Gasteiger partial charge < -0.3 is 10.2 Å². The van der Waals surface area contributed by atoms with E-state index in [2.05, 4.69) is 6.07 Å². The summed E-state index contributed by atoms with van der Waals surface area (Å²) >= 11 is 0. The minimum Gasteiger partial charge on any atom is -0.378 e. The summed E-state index contributed by atoms with van der Waals surface area (Å²) in [6, 6.07) is 7.51. The Morgan fingerprint density at radius 3 is 2.75 bits per heavy atom. The van der Waals surface area contributed by atoms with E-state index >= 15 is 0 Å². The standard InChI is InChI=1S/C17H24F3N3O/c1-12(16(24)21-11-17(18,19)20)23-9-5-8-15(23)13-6-4-7-14(10-13)22(2)3/h4,6-7,10,12,15H,5,8-9,11H2,1-3H3,(H,21,24)/t12-,15-/m1/s1. The topological polar surface area (TPSA) is 35.6 Å². The number of hydrogen-bond acceptors (Lipinski definition) is 3. The summed E-state index contributed by atoms with van der Waals surface area (Å²) in [6.45, 7) is 1.09. The second-order valence-electron chi connectivity index (χ2n) is 6.39. The maximum atomic E-state index is 12.3. The third kappa shape index (κ3) is 4.63. The predicted molar refractivity (Wildman–Crippen MR) is 88.0 cm³/mol. The van der Waals surface area contributed by atoms with Gasteiger partial charge in [-0.15, -0.1) is 0 Å². The van der Waals surface area contributed by atoms with Crippen LogP contribution in [0, 0.1) is 0 Å². The van der Waals surface area contributed by atoms with Crippen molar-refractivity contribution >= 4 is 11.6 Å². The summed E-state index contributed by atoms with van der Waals surface area (Å²) in [5.41, 5.74) is 2.16. The zero-order valence-electron chi connectivity index (χ0n) is 14.2. The molecule has 0 spiro atoms. The van der Waals surface area contributed by atoms with Gasteiger partial charge in [-0.2, -0.15) is 13.2 Å². The van der Waals surface area contributed by atoms with Crippen molar-refractivity contribution < 1.29 is 18.0 Å². The van der Waals surface area contributed by atoms with Crippen LogP contribution in [-0.4, -0.2) is 50.2 Å². The van der Waals surface area contributed by atoms with Crippen LogP contribution >= 0.6 is 0 Å². The maximum Gasteiger partial charge on any atom is 0.405 e. The second kappa shape index (κ2) is 7.42. The number of rotatable bonds is 5. The van der Waals surface area contributed by atoms with E-state index in [1.54, 1.807) is 6.92 Å². The van der Waals surface area contributed by atoms with Gasteiger partial charge in [-0.1, -0.05) is 12.1 Å². The number of amides is 1. The molecule has 4 nitrogen and oxygen atoms in total. The minimum atomic E-state index is -4.39. The number of alkyl halides is 3. The Kier molecular flexibility index (Phi) is 5.74. The number of likely N-dealkylation sites (tertiary alicyclic amines) is 1. The first-order valence-corrected chi connectivity index (χ1v) is 8.06. The van der Waals surface area contributed by atoms with E-state index in [1.807, 2.05) is 47.4 Å². The number of benzene rings is 1. The second-order valence-corrected chi connectivity index (χ2v) is 6.39. The molecule has 2 atom stereocenters. The van der Waals surface area contributed by atoms with E-state index in [9.17, 15) is 18.0 Å². The lowest BCUT2D eigenvalue weighted by Crippen LogP contribution is -2.47. The van der Waals surface area contributed by atoms with Crippen molar-refractivity contribution in [2.75, 3.05) is 32.1 Å². The van der Waals surface area contributed by atoms with E-state index < -0.39 is 24.7 Å². The predicted octanol–water partition coefficient (Wildman–Crippen LogP) is 2.96. The number of halogens is 3. The molecule has 1 amide bonds. The fourth-order valence-electron chi connectivity index (χ4n) is 3.11. The number of nitrogens with one attached hydrogen (secondary N) is 1. The number of anilines is 1. The van der Waals surface area contributed by atoms with Crippen LogP contribution in [0.4, 0.5) is 18.9 Å². The fraction of sp³-hybridized carbons (Fsp3) is 0.588. The maximum absolute atomic E-state index is 12.3. The average molecular weight is 343 g/mol. The molecule has 0 aliphatic carbocycles. The van der Waals surface area contributed by atoms with Gasteiger partial charge in [0, 0.05) is 25.8 Å². The third-order valence-corrected chi connectivity index (χ3v) is 4.41. The smallest absolute Gasteiger partial charge is 0.378 e. The monoisotopic (exact) mass is 343 g/mol. The van der Waals surface area contributed by atoms with Gasteiger partial charge in [0.05, 0.1) is 6.04 Å². The summed E-state index contributed by atoms with van der Waals surface area (Å²) in [4.78, 5) is 16.1. The Bertz CT molecular complexity index is 574. The molecule has 0 bridgehead atoms. The highest BCUT2D eigenvalue weighted by Gasteiger charge is 2.35. The molecule has 0 radical (unpaired) electrons. The molecule has 134 valence electrons. The molecule has 1 aliphatic rings. The molecular weight excluding hydrogens is 319 g/mol. The summed E-state index contributed by atoms with van der Waals surface area (Å²) in [5.74, 6) is -0.581. The zero-order valence-corrected chi connectivity index (χ0v) is 14.2. The van der Waals surface area contributed by atoms with E-state index in [0.717, 1.165) is 24.1 Å². The van der Waals surface area contributed by atoms with Crippen LogP contribution in [0.2, 0.25) is 0 Å². The van der Waals surface area contributed by atoms with Crippen molar-refractivity contribution in [3.8, 4) is 0 Å². The van der Waals surface area contributed by atoms with Crippen molar-refractivity contribution in [1.82, 2.24) is 10.2 Å². The lowest BCUT2D eigenvalue weighted by atomic mass is 10.0. The van der Waals surface area contributed by atoms with Crippen LogP contribution in [0.15, 0.2) is 24.3 Å². The lowest BCUT2D eigenvalue weighted by molar-refractivity contribution is -0.141.